The van der Waals surface area contributed by atoms with Crippen LogP contribution in [0.3, 0.4) is 0 Å². The van der Waals surface area contributed by atoms with Crippen LogP contribution in [0.15, 0.2) is 38.6 Å². The molecule has 3 aromatic rings. The zero-order valence-corrected chi connectivity index (χ0v) is 15.9. The standard InChI is InChI=1S/C18H20N4O4S/c1-3-22-16(7-6-15(19)23)20-21-18(22)27-10-11-8-17(24)26-14-9-12(25-2)4-5-13(11)14/h4-5,8-9H,3,6-7,10H2,1-2H3,(H2,19,23). The summed E-state index contributed by atoms with van der Waals surface area (Å²) in [4.78, 5) is 22.9. The van der Waals surface area contributed by atoms with Gasteiger partial charge in [-0.1, -0.05) is 11.8 Å². The minimum absolute atomic E-state index is 0.231. The lowest BCUT2D eigenvalue weighted by Crippen LogP contribution is -2.13. The van der Waals surface area contributed by atoms with Crippen molar-refractivity contribution in [1.82, 2.24) is 14.8 Å². The van der Waals surface area contributed by atoms with E-state index in [1.54, 1.807) is 13.2 Å². The molecule has 9 heteroatoms. The van der Waals surface area contributed by atoms with Crippen LogP contribution in [0, 0.1) is 0 Å². The van der Waals surface area contributed by atoms with Gasteiger partial charge in [0, 0.05) is 42.7 Å². The number of thioether (sulfide) groups is 1. The van der Waals surface area contributed by atoms with Gasteiger partial charge in [-0.15, -0.1) is 10.2 Å². The fraction of sp³-hybridized carbons (Fsp3) is 0.333. The molecule has 0 bridgehead atoms. The fourth-order valence-corrected chi connectivity index (χ4v) is 3.77. The number of amides is 1. The summed E-state index contributed by atoms with van der Waals surface area (Å²) < 4.78 is 12.4. The van der Waals surface area contributed by atoms with E-state index in [9.17, 15) is 9.59 Å². The lowest BCUT2D eigenvalue weighted by Gasteiger charge is -2.08. The smallest absolute Gasteiger partial charge is 0.336 e. The van der Waals surface area contributed by atoms with Gasteiger partial charge >= 0.3 is 5.63 Å². The predicted molar refractivity (Wildman–Crippen MR) is 102 cm³/mol. The van der Waals surface area contributed by atoms with Crippen LogP contribution in [0.4, 0.5) is 0 Å². The van der Waals surface area contributed by atoms with Crippen molar-refractivity contribution in [3.8, 4) is 5.75 Å². The number of nitrogens with zero attached hydrogens (tertiary/aromatic N) is 3. The molecule has 2 heterocycles. The molecular formula is C18H20N4O4S. The van der Waals surface area contributed by atoms with Crippen molar-refractivity contribution in [1.29, 1.82) is 0 Å². The first-order chi connectivity index (χ1) is 13.0. The number of primary amides is 1. The second kappa shape index (κ2) is 8.26. The average Bonchev–Trinajstić information content (AvgIpc) is 3.05. The molecule has 0 spiro atoms. The van der Waals surface area contributed by atoms with E-state index in [0.717, 1.165) is 21.9 Å². The molecular weight excluding hydrogens is 368 g/mol. The van der Waals surface area contributed by atoms with Gasteiger partial charge in [-0.3, -0.25) is 4.79 Å². The quantitative estimate of drug-likeness (QED) is 0.464. The number of ether oxygens (including phenoxy) is 1. The molecule has 0 atom stereocenters. The van der Waals surface area contributed by atoms with Crippen molar-refractivity contribution in [2.24, 2.45) is 5.73 Å². The fourth-order valence-electron chi connectivity index (χ4n) is 2.76. The molecule has 2 aromatic heterocycles. The van der Waals surface area contributed by atoms with Crippen molar-refractivity contribution >= 4 is 28.6 Å². The van der Waals surface area contributed by atoms with E-state index in [-0.39, 0.29) is 12.3 Å². The summed E-state index contributed by atoms with van der Waals surface area (Å²) in [7, 11) is 1.56. The molecule has 0 aliphatic heterocycles. The highest BCUT2D eigenvalue weighted by Crippen LogP contribution is 2.28. The number of benzene rings is 1. The maximum absolute atomic E-state index is 11.9. The van der Waals surface area contributed by atoms with Crippen molar-refractivity contribution in [3.63, 3.8) is 0 Å². The van der Waals surface area contributed by atoms with E-state index >= 15 is 0 Å². The Morgan fingerprint density at radius 2 is 2.15 bits per heavy atom. The van der Waals surface area contributed by atoms with Gasteiger partial charge in [-0.05, 0) is 24.6 Å². The van der Waals surface area contributed by atoms with Gasteiger partial charge in [0.1, 0.15) is 17.2 Å². The summed E-state index contributed by atoms with van der Waals surface area (Å²) >= 11 is 1.47. The van der Waals surface area contributed by atoms with E-state index in [0.29, 0.717) is 30.1 Å². The Hall–Kier alpha value is -2.81. The first-order valence-corrected chi connectivity index (χ1v) is 9.44. The lowest BCUT2D eigenvalue weighted by molar-refractivity contribution is -0.118. The number of nitrogens with two attached hydrogens (primary N) is 1. The van der Waals surface area contributed by atoms with E-state index in [1.165, 1.54) is 17.8 Å². The number of carbonyl (C=O) groups is 1. The second-order valence-electron chi connectivity index (χ2n) is 5.85. The molecule has 0 saturated heterocycles. The van der Waals surface area contributed by atoms with E-state index < -0.39 is 5.63 Å². The molecule has 3 rings (SSSR count). The van der Waals surface area contributed by atoms with E-state index in [2.05, 4.69) is 10.2 Å². The van der Waals surface area contributed by atoms with Crippen LogP contribution in [0.1, 0.15) is 24.7 Å². The Labute approximate surface area is 159 Å². The number of methoxy groups -OCH3 is 1. The van der Waals surface area contributed by atoms with E-state index in [4.69, 9.17) is 14.9 Å². The minimum atomic E-state index is -0.412. The van der Waals surface area contributed by atoms with Crippen LogP contribution in [0.5, 0.6) is 5.75 Å². The van der Waals surface area contributed by atoms with Gasteiger partial charge in [0.25, 0.3) is 0 Å². The monoisotopic (exact) mass is 388 g/mol. The van der Waals surface area contributed by atoms with Crippen molar-refractivity contribution in [3.05, 3.63) is 46.1 Å². The van der Waals surface area contributed by atoms with Crippen LogP contribution in [-0.2, 0) is 23.5 Å². The summed E-state index contributed by atoms with van der Waals surface area (Å²) in [5.74, 6) is 1.51. The number of aryl methyl sites for hydroxylation is 1. The lowest BCUT2D eigenvalue weighted by atomic mass is 10.1. The summed E-state index contributed by atoms with van der Waals surface area (Å²) in [6, 6.07) is 6.88. The summed E-state index contributed by atoms with van der Waals surface area (Å²) in [6.07, 6.45) is 0.684. The zero-order chi connectivity index (χ0) is 19.4. The molecule has 2 N–H and O–H groups in total. The minimum Gasteiger partial charge on any atom is -0.497 e. The molecule has 27 heavy (non-hydrogen) atoms. The molecule has 0 fully saturated rings. The van der Waals surface area contributed by atoms with E-state index in [1.807, 2.05) is 23.6 Å². The van der Waals surface area contributed by atoms with Crippen LogP contribution >= 0.6 is 11.8 Å². The van der Waals surface area contributed by atoms with Crippen LogP contribution in [-0.4, -0.2) is 27.8 Å². The predicted octanol–water partition coefficient (Wildman–Crippen LogP) is 2.12. The Kier molecular flexibility index (Phi) is 5.80. The van der Waals surface area contributed by atoms with Crippen LogP contribution < -0.4 is 16.1 Å². The first-order valence-electron chi connectivity index (χ1n) is 8.45. The third-order valence-electron chi connectivity index (χ3n) is 4.10. The number of hydrogen-bond donors (Lipinski definition) is 1. The highest BCUT2D eigenvalue weighted by atomic mass is 32.2. The van der Waals surface area contributed by atoms with Crippen molar-refractivity contribution in [2.45, 2.75) is 37.2 Å². The summed E-state index contributed by atoms with van der Waals surface area (Å²) in [5.41, 5.74) is 6.13. The Balaban J connectivity index is 1.85. The molecule has 0 aliphatic rings. The molecule has 0 aliphatic carbocycles. The van der Waals surface area contributed by atoms with Crippen molar-refractivity contribution < 1.29 is 13.9 Å². The van der Waals surface area contributed by atoms with Gasteiger partial charge in [-0.2, -0.15) is 0 Å². The second-order valence-corrected chi connectivity index (χ2v) is 6.79. The van der Waals surface area contributed by atoms with Gasteiger partial charge < -0.3 is 19.5 Å². The molecule has 0 radical (unpaired) electrons. The number of hydrogen-bond acceptors (Lipinski definition) is 7. The Morgan fingerprint density at radius 1 is 1.33 bits per heavy atom. The zero-order valence-electron chi connectivity index (χ0n) is 15.1. The van der Waals surface area contributed by atoms with Gasteiger partial charge in [0.05, 0.1) is 7.11 Å². The third kappa shape index (κ3) is 4.30. The average molecular weight is 388 g/mol. The van der Waals surface area contributed by atoms with Gasteiger partial charge in [-0.25, -0.2) is 4.79 Å². The summed E-state index contributed by atoms with van der Waals surface area (Å²) in [6.45, 7) is 2.66. The van der Waals surface area contributed by atoms with Crippen molar-refractivity contribution in [2.75, 3.05) is 7.11 Å². The molecule has 0 saturated carbocycles. The Morgan fingerprint density at radius 3 is 2.85 bits per heavy atom. The number of carbonyl (C=O) groups excluding carboxylic acids is 1. The molecule has 1 aromatic carbocycles. The largest absolute Gasteiger partial charge is 0.497 e. The maximum Gasteiger partial charge on any atom is 0.336 e. The maximum atomic E-state index is 11.9. The Bertz CT molecular complexity index is 1030. The molecule has 142 valence electrons. The first kappa shape index (κ1) is 19.0. The SMILES string of the molecule is CCn1c(CCC(N)=O)nnc1SCc1cc(=O)oc2cc(OC)ccc12. The van der Waals surface area contributed by atoms with Crippen LogP contribution in [0.2, 0.25) is 0 Å². The van der Waals surface area contributed by atoms with Crippen LogP contribution in [0.25, 0.3) is 11.0 Å². The topological polar surface area (TPSA) is 113 Å². The molecule has 1 amide bonds. The van der Waals surface area contributed by atoms with Gasteiger partial charge in [0.15, 0.2) is 5.16 Å². The van der Waals surface area contributed by atoms with Gasteiger partial charge in [0.2, 0.25) is 5.91 Å². The normalized spacial score (nSPS) is 11.0. The number of aromatic nitrogens is 3. The highest BCUT2D eigenvalue weighted by molar-refractivity contribution is 7.98. The molecule has 0 unspecified atom stereocenters. The number of rotatable bonds is 8. The molecule has 8 nitrogen and oxygen atoms in total. The third-order valence-corrected chi connectivity index (χ3v) is 5.11. The highest BCUT2D eigenvalue weighted by Gasteiger charge is 2.14. The summed E-state index contributed by atoms with van der Waals surface area (Å²) in [5, 5.41) is 9.95. The number of fused-ring (bicyclic) bond motifs is 1.